The molecule has 0 bridgehead atoms. The number of thiazole rings is 1. The van der Waals surface area contributed by atoms with E-state index in [9.17, 15) is 9.59 Å². The average Bonchev–Trinajstić information content (AvgIpc) is 2.91. The number of hydrogen-bond acceptors (Lipinski definition) is 4. The van der Waals surface area contributed by atoms with Gasteiger partial charge in [-0.05, 0) is 19.1 Å². The van der Waals surface area contributed by atoms with Crippen LogP contribution in [0.1, 0.15) is 23.0 Å². The van der Waals surface area contributed by atoms with Crippen LogP contribution in [-0.2, 0) is 6.54 Å². The zero-order chi connectivity index (χ0) is 14.5. The van der Waals surface area contributed by atoms with Crippen LogP contribution in [0.2, 0.25) is 0 Å². The van der Waals surface area contributed by atoms with Gasteiger partial charge in [0.05, 0.1) is 17.7 Å². The van der Waals surface area contributed by atoms with Crippen LogP contribution in [0.4, 0.5) is 10.5 Å². The van der Waals surface area contributed by atoms with Crippen molar-refractivity contribution >= 4 is 28.8 Å². The van der Waals surface area contributed by atoms with Gasteiger partial charge in [-0.15, -0.1) is 11.3 Å². The van der Waals surface area contributed by atoms with E-state index in [1.165, 1.54) is 23.2 Å². The molecule has 1 aromatic carbocycles. The quantitative estimate of drug-likeness (QED) is 0.880. The van der Waals surface area contributed by atoms with Gasteiger partial charge in [0.2, 0.25) is 0 Å². The number of carbonyl (C=O) groups excluding carboxylic acids is 2. The van der Waals surface area contributed by atoms with E-state index in [-0.39, 0.29) is 11.8 Å². The monoisotopic (exact) mass is 289 g/mol. The molecule has 2 amide bonds. The Hall–Kier alpha value is -2.21. The first-order chi connectivity index (χ1) is 9.56. The van der Waals surface area contributed by atoms with E-state index in [1.807, 2.05) is 5.38 Å². The summed E-state index contributed by atoms with van der Waals surface area (Å²) in [6, 6.07) is 6.64. The van der Waals surface area contributed by atoms with Crippen molar-refractivity contribution in [3.63, 3.8) is 0 Å². The highest BCUT2D eigenvalue weighted by molar-refractivity contribution is 7.07. The maximum absolute atomic E-state index is 12.0. The number of urea groups is 1. The number of amides is 2. The Labute approximate surface area is 121 Å². The number of hydrogen-bond donors (Lipinski definition) is 1. The van der Waals surface area contributed by atoms with Crippen LogP contribution in [0, 0.1) is 0 Å². The molecule has 0 spiro atoms. The lowest BCUT2D eigenvalue weighted by atomic mass is 10.1. The number of ketones is 1. The summed E-state index contributed by atoms with van der Waals surface area (Å²) in [5, 5.41) is 4.66. The van der Waals surface area contributed by atoms with Crippen LogP contribution in [0.3, 0.4) is 0 Å². The molecule has 0 atom stereocenters. The predicted octanol–water partition coefficient (Wildman–Crippen LogP) is 3.01. The molecule has 104 valence electrons. The second-order valence-corrected chi connectivity index (χ2v) is 5.12. The number of rotatable bonds is 4. The van der Waals surface area contributed by atoms with Gasteiger partial charge in [-0.3, -0.25) is 4.79 Å². The van der Waals surface area contributed by atoms with Crippen LogP contribution in [0.25, 0.3) is 0 Å². The van der Waals surface area contributed by atoms with Crippen molar-refractivity contribution in [2.24, 2.45) is 0 Å². The maximum atomic E-state index is 12.0. The SMILES string of the molecule is CC(=O)c1cccc(NC(=O)N(C)Cc2cscn2)c1. The first-order valence-electron chi connectivity index (χ1n) is 6.06. The highest BCUT2D eigenvalue weighted by atomic mass is 32.1. The van der Waals surface area contributed by atoms with E-state index in [0.717, 1.165) is 5.69 Å². The zero-order valence-electron chi connectivity index (χ0n) is 11.3. The predicted molar refractivity (Wildman–Crippen MR) is 79.0 cm³/mol. The van der Waals surface area contributed by atoms with Crippen molar-refractivity contribution in [3.8, 4) is 0 Å². The van der Waals surface area contributed by atoms with Crippen molar-refractivity contribution in [3.05, 3.63) is 46.4 Å². The molecule has 20 heavy (non-hydrogen) atoms. The third-order valence-electron chi connectivity index (χ3n) is 2.75. The molecule has 1 heterocycles. The molecule has 0 aliphatic rings. The summed E-state index contributed by atoms with van der Waals surface area (Å²) < 4.78 is 0. The number of Topliss-reactive ketones (excluding diaryl/α,β-unsaturated/α-hetero) is 1. The standard InChI is InChI=1S/C14H15N3O2S/c1-10(18)11-4-3-5-12(6-11)16-14(19)17(2)7-13-8-20-9-15-13/h3-6,8-9H,7H2,1-2H3,(H,16,19). The van der Waals surface area contributed by atoms with E-state index in [1.54, 1.807) is 36.8 Å². The number of aromatic nitrogens is 1. The third kappa shape index (κ3) is 3.64. The van der Waals surface area contributed by atoms with Crippen molar-refractivity contribution in [2.45, 2.75) is 13.5 Å². The minimum Gasteiger partial charge on any atom is -0.322 e. The Morgan fingerprint density at radius 3 is 2.85 bits per heavy atom. The van der Waals surface area contributed by atoms with Crippen molar-refractivity contribution in [1.82, 2.24) is 9.88 Å². The molecular formula is C14H15N3O2S. The molecule has 2 aromatic rings. The van der Waals surface area contributed by atoms with Crippen LogP contribution < -0.4 is 5.32 Å². The molecule has 0 aliphatic heterocycles. The molecule has 0 saturated carbocycles. The third-order valence-corrected chi connectivity index (χ3v) is 3.38. The van der Waals surface area contributed by atoms with Gasteiger partial charge in [0.25, 0.3) is 0 Å². The molecule has 5 nitrogen and oxygen atoms in total. The van der Waals surface area contributed by atoms with Crippen molar-refractivity contribution in [2.75, 3.05) is 12.4 Å². The van der Waals surface area contributed by atoms with Crippen LogP contribution in [0.5, 0.6) is 0 Å². The fourth-order valence-corrected chi connectivity index (χ4v) is 2.21. The summed E-state index contributed by atoms with van der Waals surface area (Å²) in [4.78, 5) is 29.0. The molecule has 0 fully saturated rings. The molecular weight excluding hydrogens is 274 g/mol. The average molecular weight is 289 g/mol. The lowest BCUT2D eigenvalue weighted by Gasteiger charge is -2.17. The molecule has 1 aromatic heterocycles. The first kappa shape index (κ1) is 14.2. The lowest BCUT2D eigenvalue weighted by molar-refractivity contribution is 0.101. The summed E-state index contributed by atoms with van der Waals surface area (Å²) in [6.07, 6.45) is 0. The van der Waals surface area contributed by atoms with E-state index in [0.29, 0.717) is 17.8 Å². The second kappa shape index (κ2) is 6.29. The normalized spacial score (nSPS) is 10.1. The van der Waals surface area contributed by atoms with Gasteiger partial charge in [0.15, 0.2) is 5.78 Å². The fourth-order valence-electron chi connectivity index (χ4n) is 1.67. The molecule has 6 heteroatoms. The van der Waals surface area contributed by atoms with Crippen LogP contribution in [-0.4, -0.2) is 28.7 Å². The van der Waals surface area contributed by atoms with Gasteiger partial charge < -0.3 is 10.2 Å². The van der Waals surface area contributed by atoms with Crippen molar-refractivity contribution in [1.29, 1.82) is 0 Å². The molecule has 2 rings (SSSR count). The summed E-state index contributed by atoms with van der Waals surface area (Å²) >= 11 is 1.50. The fraction of sp³-hybridized carbons (Fsp3) is 0.214. The zero-order valence-corrected chi connectivity index (χ0v) is 12.1. The van der Waals surface area contributed by atoms with Gasteiger partial charge in [0, 0.05) is 23.7 Å². The van der Waals surface area contributed by atoms with Gasteiger partial charge >= 0.3 is 6.03 Å². The van der Waals surface area contributed by atoms with Gasteiger partial charge in [0.1, 0.15) is 0 Å². The number of nitrogens with zero attached hydrogens (tertiary/aromatic N) is 2. The first-order valence-corrected chi connectivity index (χ1v) is 7.00. The van der Waals surface area contributed by atoms with Gasteiger partial charge in [-0.2, -0.15) is 0 Å². The van der Waals surface area contributed by atoms with E-state index >= 15 is 0 Å². The Morgan fingerprint density at radius 2 is 2.20 bits per heavy atom. The van der Waals surface area contributed by atoms with Gasteiger partial charge in [-0.1, -0.05) is 12.1 Å². The number of carbonyl (C=O) groups is 2. The summed E-state index contributed by atoms with van der Waals surface area (Å²) in [6.45, 7) is 1.94. The smallest absolute Gasteiger partial charge is 0.321 e. The summed E-state index contributed by atoms with van der Waals surface area (Å²) in [5.74, 6) is -0.0306. The molecule has 0 radical (unpaired) electrons. The van der Waals surface area contributed by atoms with Crippen LogP contribution >= 0.6 is 11.3 Å². The minimum absolute atomic E-state index is 0.0306. The molecule has 0 saturated heterocycles. The van der Waals surface area contributed by atoms with E-state index in [4.69, 9.17) is 0 Å². The molecule has 0 unspecified atom stereocenters. The van der Waals surface area contributed by atoms with Gasteiger partial charge in [-0.25, -0.2) is 9.78 Å². The number of benzene rings is 1. The molecule has 0 aliphatic carbocycles. The lowest BCUT2D eigenvalue weighted by Crippen LogP contribution is -2.30. The highest BCUT2D eigenvalue weighted by Gasteiger charge is 2.11. The van der Waals surface area contributed by atoms with E-state index in [2.05, 4.69) is 10.3 Å². The van der Waals surface area contributed by atoms with Crippen molar-refractivity contribution < 1.29 is 9.59 Å². The Bertz CT molecular complexity index is 611. The Kier molecular flexibility index (Phi) is 4.47. The maximum Gasteiger partial charge on any atom is 0.321 e. The topological polar surface area (TPSA) is 62.3 Å². The van der Waals surface area contributed by atoms with Crippen LogP contribution in [0.15, 0.2) is 35.2 Å². The molecule has 1 N–H and O–H groups in total. The van der Waals surface area contributed by atoms with E-state index < -0.39 is 0 Å². The largest absolute Gasteiger partial charge is 0.322 e. The Balaban J connectivity index is 2.00. The number of nitrogens with one attached hydrogen (secondary N) is 1. The highest BCUT2D eigenvalue weighted by Crippen LogP contribution is 2.12. The summed E-state index contributed by atoms with van der Waals surface area (Å²) in [7, 11) is 1.70. The Morgan fingerprint density at radius 1 is 1.40 bits per heavy atom. The number of anilines is 1. The second-order valence-electron chi connectivity index (χ2n) is 4.40. The summed E-state index contributed by atoms with van der Waals surface area (Å²) in [5.41, 5.74) is 3.76. The minimum atomic E-state index is -0.237.